The van der Waals surface area contributed by atoms with Gasteiger partial charge in [-0.05, 0) is 43.7 Å². The Bertz CT molecular complexity index is 701. The SMILES string of the molecule is CCNC(=NCC1(c2ccccc2C)CCOCC1)NCC1CN(CC(C)C)CCO1. The Morgan fingerprint density at radius 3 is 2.68 bits per heavy atom. The van der Waals surface area contributed by atoms with Crippen LogP contribution in [0.25, 0.3) is 0 Å². The molecule has 2 aliphatic rings. The van der Waals surface area contributed by atoms with Gasteiger partial charge in [-0.15, -0.1) is 0 Å². The summed E-state index contributed by atoms with van der Waals surface area (Å²) in [7, 11) is 0. The van der Waals surface area contributed by atoms with Crippen molar-refractivity contribution >= 4 is 5.96 Å². The second-order valence-corrected chi connectivity index (χ2v) is 9.43. The van der Waals surface area contributed by atoms with Gasteiger partial charge in [0.1, 0.15) is 0 Å². The van der Waals surface area contributed by atoms with E-state index in [0.717, 1.165) is 77.9 Å². The Morgan fingerprint density at radius 2 is 1.97 bits per heavy atom. The number of guanidine groups is 1. The Labute approximate surface area is 188 Å². The van der Waals surface area contributed by atoms with Crippen LogP contribution in [0.4, 0.5) is 0 Å². The van der Waals surface area contributed by atoms with Crippen molar-refractivity contribution < 1.29 is 9.47 Å². The molecule has 0 radical (unpaired) electrons. The summed E-state index contributed by atoms with van der Waals surface area (Å²) >= 11 is 0. The number of aliphatic imine (C=N–C) groups is 1. The molecule has 0 amide bonds. The van der Waals surface area contributed by atoms with E-state index in [1.165, 1.54) is 11.1 Å². The minimum Gasteiger partial charge on any atom is -0.381 e. The minimum absolute atomic E-state index is 0.0430. The maximum Gasteiger partial charge on any atom is 0.191 e. The van der Waals surface area contributed by atoms with E-state index in [-0.39, 0.29) is 11.5 Å². The lowest BCUT2D eigenvalue weighted by Gasteiger charge is -2.38. The van der Waals surface area contributed by atoms with Gasteiger partial charge in [-0.1, -0.05) is 38.1 Å². The number of rotatable bonds is 8. The molecule has 2 fully saturated rings. The third kappa shape index (κ3) is 6.93. The number of benzene rings is 1. The lowest BCUT2D eigenvalue weighted by atomic mass is 9.72. The van der Waals surface area contributed by atoms with Crippen molar-refractivity contribution in [3.8, 4) is 0 Å². The van der Waals surface area contributed by atoms with Gasteiger partial charge in [-0.25, -0.2) is 0 Å². The molecule has 3 rings (SSSR count). The summed E-state index contributed by atoms with van der Waals surface area (Å²) in [6, 6.07) is 8.75. The molecule has 0 aromatic heterocycles. The largest absolute Gasteiger partial charge is 0.381 e. The number of hydrogen-bond donors (Lipinski definition) is 2. The highest BCUT2D eigenvalue weighted by atomic mass is 16.5. The first kappa shape index (κ1) is 24.0. The van der Waals surface area contributed by atoms with Crippen LogP contribution in [0.5, 0.6) is 0 Å². The van der Waals surface area contributed by atoms with Crippen LogP contribution in [0.2, 0.25) is 0 Å². The van der Waals surface area contributed by atoms with E-state index >= 15 is 0 Å². The Hall–Kier alpha value is -1.63. The van der Waals surface area contributed by atoms with Crippen LogP contribution < -0.4 is 10.6 Å². The monoisotopic (exact) mass is 430 g/mol. The zero-order valence-electron chi connectivity index (χ0n) is 20.0. The number of hydrogen-bond acceptors (Lipinski definition) is 4. The molecule has 2 N–H and O–H groups in total. The molecule has 1 aromatic rings. The molecule has 0 saturated carbocycles. The van der Waals surface area contributed by atoms with E-state index in [2.05, 4.69) is 67.5 Å². The molecular formula is C25H42N4O2. The van der Waals surface area contributed by atoms with Crippen molar-refractivity contribution in [2.45, 2.75) is 52.1 Å². The van der Waals surface area contributed by atoms with E-state index in [9.17, 15) is 0 Å². The molecule has 0 bridgehead atoms. The van der Waals surface area contributed by atoms with Crippen molar-refractivity contribution in [1.29, 1.82) is 0 Å². The average molecular weight is 431 g/mol. The zero-order valence-corrected chi connectivity index (χ0v) is 20.0. The number of nitrogens with one attached hydrogen (secondary N) is 2. The first-order valence-corrected chi connectivity index (χ1v) is 12.0. The molecule has 1 unspecified atom stereocenters. The summed E-state index contributed by atoms with van der Waals surface area (Å²) in [4.78, 5) is 7.56. The molecule has 6 heteroatoms. The van der Waals surface area contributed by atoms with E-state index in [1.54, 1.807) is 0 Å². The fourth-order valence-corrected chi connectivity index (χ4v) is 4.81. The zero-order chi connectivity index (χ0) is 22.1. The van der Waals surface area contributed by atoms with Gasteiger partial charge in [0.25, 0.3) is 0 Å². The summed E-state index contributed by atoms with van der Waals surface area (Å²) in [5, 5.41) is 6.97. The van der Waals surface area contributed by atoms with Gasteiger partial charge < -0.3 is 20.1 Å². The predicted octanol–water partition coefficient (Wildman–Crippen LogP) is 2.96. The molecule has 1 atom stereocenters. The fourth-order valence-electron chi connectivity index (χ4n) is 4.81. The molecule has 1 aromatic carbocycles. The topological polar surface area (TPSA) is 58.1 Å². The smallest absolute Gasteiger partial charge is 0.191 e. The van der Waals surface area contributed by atoms with Crippen molar-refractivity contribution in [3.05, 3.63) is 35.4 Å². The Kier molecular flexibility index (Phi) is 9.17. The van der Waals surface area contributed by atoms with Gasteiger partial charge in [-0.3, -0.25) is 9.89 Å². The van der Waals surface area contributed by atoms with Crippen LogP contribution in [-0.2, 0) is 14.9 Å². The minimum atomic E-state index is 0.0430. The van der Waals surface area contributed by atoms with E-state index in [1.807, 2.05) is 0 Å². The van der Waals surface area contributed by atoms with E-state index in [4.69, 9.17) is 14.5 Å². The first-order valence-electron chi connectivity index (χ1n) is 12.0. The number of morpholine rings is 1. The van der Waals surface area contributed by atoms with Crippen LogP contribution in [-0.4, -0.2) is 76.1 Å². The summed E-state index contributed by atoms with van der Waals surface area (Å²) in [5.74, 6) is 1.56. The maximum atomic E-state index is 6.01. The Morgan fingerprint density at radius 1 is 1.19 bits per heavy atom. The maximum absolute atomic E-state index is 6.01. The quantitative estimate of drug-likeness (QED) is 0.491. The van der Waals surface area contributed by atoms with Crippen LogP contribution in [0.15, 0.2) is 29.3 Å². The van der Waals surface area contributed by atoms with Gasteiger partial charge in [0.2, 0.25) is 0 Å². The molecule has 2 saturated heterocycles. The Balaban J connectivity index is 1.65. The van der Waals surface area contributed by atoms with Crippen molar-refractivity contribution in [2.75, 3.05) is 59.1 Å². The van der Waals surface area contributed by atoms with E-state index in [0.29, 0.717) is 5.92 Å². The second kappa shape index (κ2) is 11.8. The third-order valence-corrected chi connectivity index (χ3v) is 6.39. The van der Waals surface area contributed by atoms with Gasteiger partial charge in [0.05, 0.1) is 19.3 Å². The predicted molar refractivity (Wildman–Crippen MR) is 128 cm³/mol. The summed E-state index contributed by atoms with van der Waals surface area (Å²) in [6.45, 7) is 16.8. The third-order valence-electron chi connectivity index (χ3n) is 6.39. The van der Waals surface area contributed by atoms with Crippen LogP contribution in [0, 0.1) is 12.8 Å². The molecule has 174 valence electrons. The van der Waals surface area contributed by atoms with Gasteiger partial charge in [0.15, 0.2) is 5.96 Å². The highest BCUT2D eigenvalue weighted by Gasteiger charge is 2.35. The average Bonchev–Trinajstić information content (AvgIpc) is 2.76. The highest BCUT2D eigenvalue weighted by molar-refractivity contribution is 5.79. The number of nitrogens with zero attached hydrogens (tertiary/aromatic N) is 2. The molecule has 2 heterocycles. The molecule has 2 aliphatic heterocycles. The first-order chi connectivity index (χ1) is 15.0. The number of ether oxygens (including phenoxy) is 2. The van der Waals surface area contributed by atoms with Crippen molar-refractivity contribution in [1.82, 2.24) is 15.5 Å². The summed E-state index contributed by atoms with van der Waals surface area (Å²) in [6.07, 6.45) is 2.22. The van der Waals surface area contributed by atoms with Crippen LogP contribution in [0.3, 0.4) is 0 Å². The highest BCUT2D eigenvalue weighted by Crippen LogP contribution is 2.37. The standard InChI is InChI=1S/C25H42N4O2/c1-5-26-24(27-16-22-18-29(12-15-31-22)17-20(2)3)28-19-25(10-13-30-14-11-25)23-9-7-6-8-21(23)4/h6-9,20,22H,5,10-19H2,1-4H3,(H2,26,27,28). The lowest BCUT2D eigenvalue weighted by Crippen LogP contribution is -2.50. The summed E-state index contributed by atoms with van der Waals surface area (Å²) in [5.41, 5.74) is 2.80. The fraction of sp³-hybridized carbons (Fsp3) is 0.720. The lowest BCUT2D eigenvalue weighted by molar-refractivity contribution is -0.0284. The van der Waals surface area contributed by atoms with Gasteiger partial charge >= 0.3 is 0 Å². The van der Waals surface area contributed by atoms with Crippen LogP contribution >= 0.6 is 0 Å². The normalized spacial score (nSPS) is 22.5. The van der Waals surface area contributed by atoms with Crippen molar-refractivity contribution in [2.24, 2.45) is 10.9 Å². The molecule has 0 aliphatic carbocycles. The van der Waals surface area contributed by atoms with Crippen LogP contribution in [0.1, 0.15) is 44.7 Å². The van der Waals surface area contributed by atoms with E-state index < -0.39 is 0 Å². The van der Waals surface area contributed by atoms with Gasteiger partial charge in [-0.2, -0.15) is 0 Å². The molecule has 31 heavy (non-hydrogen) atoms. The summed E-state index contributed by atoms with van der Waals surface area (Å²) < 4.78 is 11.7. The molecule has 0 spiro atoms. The van der Waals surface area contributed by atoms with Gasteiger partial charge in [0, 0.05) is 51.4 Å². The second-order valence-electron chi connectivity index (χ2n) is 9.43. The van der Waals surface area contributed by atoms with Crippen molar-refractivity contribution in [3.63, 3.8) is 0 Å². The number of aryl methyl sites for hydroxylation is 1. The molecule has 6 nitrogen and oxygen atoms in total. The molecular weight excluding hydrogens is 388 g/mol.